The first kappa shape index (κ1) is 15.9. The number of aliphatic hydroxyl groups is 1. The van der Waals surface area contributed by atoms with Crippen LogP contribution in [0.5, 0.6) is 5.75 Å². The summed E-state index contributed by atoms with van der Waals surface area (Å²) in [6.07, 6.45) is 2.04. The molecule has 0 saturated carbocycles. The molecular weight excluding hydrogens is 292 g/mol. The molecule has 1 fully saturated rings. The number of nitrogens with zero attached hydrogens (tertiary/aromatic N) is 1. The first-order valence-electron chi connectivity index (χ1n) is 7.26. The molecule has 116 valence electrons. The fourth-order valence-corrected chi connectivity index (χ4v) is 2.48. The zero-order valence-corrected chi connectivity index (χ0v) is 12.9. The molecule has 21 heavy (non-hydrogen) atoms. The van der Waals surface area contributed by atoms with Gasteiger partial charge in [0.1, 0.15) is 5.75 Å². The topological polar surface area (TPSA) is 61.8 Å². The molecule has 1 saturated heterocycles. The number of rotatable bonds is 4. The third kappa shape index (κ3) is 4.51. The van der Waals surface area contributed by atoms with Gasteiger partial charge < -0.3 is 20.1 Å². The fourth-order valence-electron chi connectivity index (χ4n) is 2.25. The molecule has 0 spiro atoms. The Balaban J connectivity index is 1.96. The molecule has 2 rings (SSSR count). The van der Waals surface area contributed by atoms with Gasteiger partial charge in [0.25, 0.3) is 0 Å². The van der Waals surface area contributed by atoms with Crippen LogP contribution in [0.25, 0.3) is 0 Å². The molecule has 1 aliphatic heterocycles. The summed E-state index contributed by atoms with van der Waals surface area (Å²) >= 11 is 6.13. The van der Waals surface area contributed by atoms with Crippen LogP contribution in [0.4, 0.5) is 10.5 Å². The van der Waals surface area contributed by atoms with Gasteiger partial charge in [-0.1, -0.05) is 18.5 Å². The Morgan fingerprint density at radius 2 is 2.38 bits per heavy atom. The molecule has 1 unspecified atom stereocenters. The molecule has 1 aromatic carbocycles. The number of aliphatic hydroxyl groups excluding tert-OH is 1. The Labute approximate surface area is 129 Å². The number of piperidine rings is 1. The molecule has 6 heteroatoms. The van der Waals surface area contributed by atoms with Crippen molar-refractivity contribution in [2.75, 3.05) is 25.0 Å². The van der Waals surface area contributed by atoms with Gasteiger partial charge >= 0.3 is 6.03 Å². The van der Waals surface area contributed by atoms with Crippen molar-refractivity contribution in [2.45, 2.75) is 32.3 Å². The smallest absolute Gasteiger partial charge is 0.321 e. The SMILES string of the molecule is CCCOc1ccc(NC(=O)N2CCCC(O)C2)cc1Cl. The van der Waals surface area contributed by atoms with Gasteiger partial charge in [-0.2, -0.15) is 0 Å². The van der Waals surface area contributed by atoms with E-state index in [-0.39, 0.29) is 6.03 Å². The molecule has 1 aliphatic rings. The largest absolute Gasteiger partial charge is 0.492 e. The van der Waals surface area contributed by atoms with Crippen LogP contribution in [0.1, 0.15) is 26.2 Å². The van der Waals surface area contributed by atoms with Crippen LogP contribution in [0.15, 0.2) is 18.2 Å². The Morgan fingerprint density at radius 3 is 3.05 bits per heavy atom. The quantitative estimate of drug-likeness (QED) is 0.898. The highest BCUT2D eigenvalue weighted by Gasteiger charge is 2.22. The van der Waals surface area contributed by atoms with E-state index in [4.69, 9.17) is 16.3 Å². The lowest BCUT2D eigenvalue weighted by atomic mass is 10.1. The summed E-state index contributed by atoms with van der Waals surface area (Å²) in [6, 6.07) is 4.96. The van der Waals surface area contributed by atoms with Gasteiger partial charge in [0.2, 0.25) is 0 Å². The highest BCUT2D eigenvalue weighted by molar-refractivity contribution is 6.32. The molecule has 1 aromatic rings. The van der Waals surface area contributed by atoms with Gasteiger partial charge in [0.05, 0.1) is 17.7 Å². The van der Waals surface area contributed by atoms with E-state index in [1.165, 1.54) is 0 Å². The molecule has 1 atom stereocenters. The summed E-state index contributed by atoms with van der Waals surface area (Å²) in [5, 5.41) is 12.9. The number of anilines is 1. The predicted octanol–water partition coefficient (Wildman–Crippen LogP) is 3.12. The van der Waals surface area contributed by atoms with Crippen molar-refractivity contribution >= 4 is 23.3 Å². The van der Waals surface area contributed by atoms with Crippen LogP contribution in [0.3, 0.4) is 0 Å². The van der Waals surface area contributed by atoms with E-state index < -0.39 is 6.10 Å². The molecule has 1 heterocycles. The minimum atomic E-state index is -0.432. The van der Waals surface area contributed by atoms with Crippen LogP contribution in [-0.4, -0.2) is 41.8 Å². The van der Waals surface area contributed by atoms with E-state index >= 15 is 0 Å². The van der Waals surface area contributed by atoms with Crippen molar-refractivity contribution < 1.29 is 14.6 Å². The molecule has 0 aromatic heterocycles. The number of carbonyl (C=O) groups excluding carboxylic acids is 1. The molecule has 0 aliphatic carbocycles. The van der Waals surface area contributed by atoms with Crippen molar-refractivity contribution in [2.24, 2.45) is 0 Å². The average molecular weight is 313 g/mol. The number of hydrogen-bond donors (Lipinski definition) is 2. The molecule has 0 radical (unpaired) electrons. The van der Waals surface area contributed by atoms with Crippen LogP contribution in [0, 0.1) is 0 Å². The predicted molar refractivity (Wildman–Crippen MR) is 83.1 cm³/mol. The van der Waals surface area contributed by atoms with Gasteiger partial charge in [0, 0.05) is 18.8 Å². The zero-order chi connectivity index (χ0) is 15.2. The summed E-state index contributed by atoms with van der Waals surface area (Å²) in [7, 11) is 0. The lowest BCUT2D eigenvalue weighted by Gasteiger charge is -2.30. The van der Waals surface area contributed by atoms with Crippen molar-refractivity contribution in [1.82, 2.24) is 4.90 Å². The minimum absolute atomic E-state index is 0.216. The van der Waals surface area contributed by atoms with E-state index in [1.807, 2.05) is 6.92 Å². The number of hydrogen-bond acceptors (Lipinski definition) is 3. The maximum atomic E-state index is 12.1. The van der Waals surface area contributed by atoms with Gasteiger partial charge in [-0.3, -0.25) is 0 Å². The summed E-state index contributed by atoms with van der Waals surface area (Å²) in [4.78, 5) is 13.7. The Kier molecular flexibility index (Phi) is 5.70. The molecule has 2 amide bonds. The number of β-amino-alcohol motifs (C(OH)–C–C–N with tert-alkyl or cyclic N) is 1. The number of amides is 2. The van der Waals surface area contributed by atoms with E-state index in [9.17, 15) is 9.90 Å². The Hall–Kier alpha value is -1.46. The van der Waals surface area contributed by atoms with E-state index in [1.54, 1.807) is 23.1 Å². The van der Waals surface area contributed by atoms with Gasteiger partial charge in [-0.05, 0) is 37.5 Å². The lowest BCUT2D eigenvalue weighted by Crippen LogP contribution is -2.44. The Morgan fingerprint density at radius 1 is 1.57 bits per heavy atom. The normalized spacial score (nSPS) is 18.4. The minimum Gasteiger partial charge on any atom is -0.492 e. The third-order valence-electron chi connectivity index (χ3n) is 3.33. The number of likely N-dealkylation sites (tertiary alicyclic amines) is 1. The molecule has 0 bridgehead atoms. The summed E-state index contributed by atoms with van der Waals surface area (Å²) < 4.78 is 5.49. The second-order valence-electron chi connectivity index (χ2n) is 5.17. The van der Waals surface area contributed by atoms with Crippen molar-refractivity contribution in [3.8, 4) is 5.75 Å². The first-order chi connectivity index (χ1) is 10.1. The number of carbonyl (C=O) groups is 1. The number of benzene rings is 1. The highest BCUT2D eigenvalue weighted by Crippen LogP contribution is 2.28. The van der Waals surface area contributed by atoms with E-state index in [0.717, 1.165) is 19.3 Å². The van der Waals surface area contributed by atoms with Crippen LogP contribution >= 0.6 is 11.6 Å². The van der Waals surface area contributed by atoms with E-state index in [0.29, 0.717) is 36.2 Å². The lowest BCUT2D eigenvalue weighted by molar-refractivity contribution is 0.0883. The maximum Gasteiger partial charge on any atom is 0.321 e. The second kappa shape index (κ2) is 7.52. The molecular formula is C15H21ClN2O3. The Bertz CT molecular complexity index is 496. The number of nitrogens with one attached hydrogen (secondary N) is 1. The highest BCUT2D eigenvalue weighted by atomic mass is 35.5. The monoisotopic (exact) mass is 312 g/mol. The average Bonchev–Trinajstić information content (AvgIpc) is 2.46. The van der Waals surface area contributed by atoms with Crippen molar-refractivity contribution in [3.05, 3.63) is 23.2 Å². The second-order valence-corrected chi connectivity index (χ2v) is 5.57. The van der Waals surface area contributed by atoms with Gasteiger partial charge in [0.15, 0.2) is 0 Å². The molecule has 2 N–H and O–H groups in total. The van der Waals surface area contributed by atoms with Gasteiger partial charge in [-0.15, -0.1) is 0 Å². The third-order valence-corrected chi connectivity index (χ3v) is 3.62. The van der Waals surface area contributed by atoms with Gasteiger partial charge in [-0.25, -0.2) is 4.79 Å². The fraction of sp³-hybridized carbons (Fsp3) is 0.533. The first-order valence-corrected chi connectivity index (χ1v) is 7.64. The van der Waals surface area contributed by atoms with Crippen molar-refractivity contribution in [3.63, 3.8) is 0 Å². The van der Waals surface area contributed by atoms with Crippen LogP contribution < -0.4 is 10.1 Å². The summed E-state index contributed by atoms with van der Waals surface area (Å²) in [5.74, 6) is 0.616. The number of urea groups is 1. The summed E-state index contributed by atoms with van der Waals surface area (Å²) in [6.45, 7) is 3.66. The standard InChI is InChI=1S/C15H21ClN2O3/c1-2-8-21-14-6-5-11(9-13(14)16)17-15(20)18-7-3-4-12(19)10-18/h5-6,9,12,19H,2-4,7-8,10H2,1H3,(H,17,20). The zero-order valence-electron chi connectivity index (χ0n) is 12.1. The maximum absolute atomic E-state index is 12.1. The number of halogens is 1. The van der Waals surface area contributed by atoms with E-state index in [2.05, 4.69) is 5.32 Å². The summed E-state index contributed by atoms with van der Waals surface area (Å²) in [5.41, 5.74) is 0.619. The van der Waals surface area contributed by atoms with Crippen LogP contribution in [-0.2, 0) is 0 Å². The van der Waals surface area contributed by atoms with Crippen LogP contribution in [0.2, 0.25) is 5.02 Å². The number of ether oxygens (including phenoxy) is 1. The molecule has 5 nitrogen and oxygen atoms in total. The van der Waals surface area contributed by atoms with Crippen molar-refractivity contribution in [1.29, 1.82) is 0 Å².